The molecular formula is C19H20N4O3S2. The van der Waals surface area contributed by atoms with Crippen LogP contribution in [0.15, 0.2) is 48.5 Å². The van der Waals surface area contributed by atoms with E-state index in [2.05, 4.69) is 21.3 Å². The summed E-state index contributed by atoms with van der Waals surface area (Å²) < 4.78 is 5.48. The van der Waals surface area contributed by atoms with Crippen molar-refractivity contribution < 1.29 is 14.3 Å². The minimum atomic E-state index is -0.361. The smallest absolute Gasteiger partial charge is 0.264 e. The van der Waals surface area contributed by atoms with Crippen LogP contribution >= 0.6 is 24.4 Å². The van der Waals surface area contributed by atoms with Crippen molar-refractivity contribution in [3.05, 3.63) is 54.1 Å². The van der Waals surface area contributed by atoms with E-state index < -0.39 is 0 Å². The molecule has 0 radical (unpaired) electrons. The van der Waals surface area contributed by atoms with E-state index in [1.807, 2.05) is 25.1 Å². The lowest BCUT2D eigenvalue weighted by molar-refractivity contribution is -0.121. The number of ether oxygens (including phenoxy) is 1. The van der Waals surface area contributed by atoms with E-state index in [1.165, 1.54) is 6.92 Å². The largest absolute Gasteiger partial charge is 0.483 e. The molecule has 146 valence electrons. The number of hydrogen-bond donors (Lipinski definition) is 4. The summed E-state index contributed by atoms with van der Waals surface area (Å²) in [5.41, 5.74) is 2.33. The van der Waals surface area contributed by atoms with Gasteiger partial charge >= 0.3 is 0 Å². The molecule has 0 fully saturated rings. The molecule has 0 heterocycles. The normalized spacial score (nSPS) is 9.79. The Bertz CT molecular complexity index is 885. The number of thiocarbonyl (C=S) groups is 2. The topological polar surface area (TPSA) is 91.5 Å². The van der Waals surface area contributed by atoms with Crippen LogP contribution in [0.4, 0.5) is 11.4 Å². The molecule has 0 unspecified atom stereocenters. The minimum absolute atomic E-state index is 0.143. The van der Waals surface area contributed by atoms with Gasteiger partial charge in [-0.15, -0.1) is 0 Å². The molecule has 0 saturated carbocycles. The van der Waals surface area contributed by atoms with Crippen molar-refractivity contribution in [2.45, 2.75) is 13.8 Å². The molecule has 0 atom stereocenters. The van der Waals surface area contributed by atoms with Gasteiger partial charge in [0.05, 0.1) is 0 Å². The Morgan fingerprint density at radius 1 is 0.893 bits per heavy atom. The summed E-state index contributed by atoms with van der Waals surface area (Å²) in [5.74, 6) is 0.0415. The number of rotatable bonds is 5. The Balaban J connectivity index is 1.79. The lowest BCUT2D eigenvalue weighted by atomic mass is 10.2. The Kier molecular flexibility index (Phi) is 7.85. The molecule has 2 aromatic carbocycles. The summed E-state index contributed by atoms with van der Waals surface area (Å²) in [6, 6.07) is 14.4. The van der Waals surface area contributed by atoms with Crippen molar-refractivity contribution in [2.24, 2.45) is 0 Å². The standard InChI is InChI=1S/C19H20N4O3S2/c1-12-5-3-4-6-16(12)26-11-17(25)23-19(28)22-15-9-7-14(8-10-15)21-18(27)20-13(2)24/h3-10H,11H2,1-2H3,(H2,20,21,24,27)(H2,22,23,25,28). The Hall–Kier alpha value is -3.04. The third kappa shape index (κ3) is 7.29. The highest BCUT2D eigenvalue weighted by Crippen LogP contribution is 2.16. The van der Waals surface area contributed by atoms with Gasteiger partial charge in [0.15, 0.2) is 16.8 Å². The maximum Gasteiger partial charge on any atom is 0.264 e. The van der Waals surface area contributed by atoms with Gasteiger partial charge in [-0.1, -0.05) is 18.2 Å². The van der Waals surface area contributed by atoms with E-state index in [1.54, 1.807) is 30.3 Å². The fourth-order valence-corrected chi connectivity index (χ4v) is 2.64. The highest BCUT2D eigenvalue weighted by Gasteiger charge is 2.07. The van der Waals surface area contributed by atoms with E-state index in [0.717, 1.165) is 5.56 Å². The van der Waals surface area contributed by atoms with Gasteiger partial charge < -0.3 is 20.7 Å². The summed E-state index contributed by atoms with van der Waals surface area (Å²) in [4.78, 5) is 22.9. The molecule has 0 aliphatic rings. The first-order valence-electron chi connectivity index (χ1n) is 8.31. The summed E-state index contributed by atoms with van der Waals surface area (Å²) in [6.07, 6.45) is 0. The first-order valence-corrected chi connectivity index (χ1v) is 9.13. The predicted molar refractivity (Wildman–Crippen MR) is 118 cm³/mol. The van der Waals surface area contributed by atoms with Gasteiger partial charge in [-0.2, -0.15) is 0 Å². The van der Waals surface area contributed by atoms with Gasteiger partial charge in [0.1, 0.15) is 5.75 Å². The Labute approximate surface area is 173 Å². The zero-order valence-electron chi connectivity index (χ0n) is 15.4. The van der Waals surface area contributed by atoms with Crippen LogP contribution in [0, 0.1) is 6.92 Å². The highest BCUT2D eigenvalue weighted by molar-refractivity contribution is 7.80. The number of anilines is 2. The third-order valence-electron chi connectivity index (χ3n) is 3.40. The zero-order valence-corrected chi connectivity index (χ0v) is 17.0. The second-order valence-corrected chi connectivity index (χ2v) is 6.59. The van der Waals surface area contributed by atoms with Crippen molar-refractivity contribution >= 4 is 57.8 Å². The van der Waals surface area contributed by atoms with Crippen LogP contribution in [0.1, 0.15) is 12.5 Å². The number of para-hydroxylation sites is 1. The van der Waals surface area contributed by atoms with Crippen molar-refractivity contribution in [3.63, 3.8) is 0 Å². The van der Waals surface area contributed by atoms with Gasteiger partial charge in [-0.3, -0.25) is 14.9 Å². The molecule has 2 aromatic rings. The van der Waals surface area contributed by atoms with Crippen LogP contribution in [0.3, 0.4) is 0 Å². The summed E-state index contributed by atoms with van der Waals surface area (Å²) in [5, 5.41) is 11.2. The molecule has 0 spiro atoms. The van der Waals surface area contributed by atoms with Crippen LogP contribution in [-0.2, 0) is 9.59 Å². The highest BCUT2D eigenvalue weighted by atomic mass is 32.1. The molecule has 0 aliphatic heterocycles. The fourth-order valence-electron chi connectivity index (χ4n) is 2.15. The fraction of sp³-hybridized carbons (Fsp3) is 0.158. The van der Waals surface area contributed by atoms with Crippen LogP contribution in [0.25, 0.3) is 0 Å². The molecule has 0 bridgehead atoms. The Morgan fingerprint density at radius 3 is 1.96 bits per heavy atom. The number of benzene rings is 2. The van der Waals surface area contributed by atoms with Gasteiger partial charge in [0.2, 0.25) is 5.91 Å². The molecule has 7 nitrogen and oxygen atoms in total. The molecule has 0 saturated heterocycles. The van der Waals surface area contributed by atoms with Crippen molar-refractivity contribution in [3.8, 4) is 5.75 Å². The number of nitrogens with one attached hydrogen (secondary N) is 4. The quantitative estimate of drug-likeness (QED) is 0.557. The SMILES string of the molecule is CC(=O)NC(=S)Nc1ccc(NC(=S)NC(=O)COc2ccccc2C)cc1. The molecule has 9 heteroatoms. The lowest BCUT2D eigenvalue weighted by Gasteiger charge is -2.12. The van der Waals surface area contributed by atoms with Crippen molar-refractivity contribution in [1.29, 1.82) is 0 Å². The van der Waals surface area contributed by atoms with Crippen LogP contribution in [-0.4, -0.2) is 28.6 Å². The van der Waals surface area contributed by atoms with Crippen LogP contribution < -0.4 is 26.0 Å². The first-order chi connectivity index (χ1) is 13.3. The molecule has 2 rings (SSSR count). The van der Waals surface area contributed by atoms with Crippen LogP contribution in [0.2, 0.25) is 0 Å². The van der Waals surface area contributed by atoms with Crippen molar-refractivity contribution in [2.75, 3.05) is 17.2 Å². The number of aryl methyl sites for hydroxylation is 1. The lowest BCUT2D eigenvalue weighted by Crippen LogP contribution is -2.37. The first kappa shape index (κ1) is 21.3. The molecule has 0 aromatic heterocycles. The Morgan fingerprint density at radius 2 is 1.43 bits per heavy atom. The number of amides is 2. The van der Waals surface area contributed by atoms with Crippen LogP contribution in [0.5, 0.6) is 5.75 Å². The van der Waals surface area contributed by atoms with E-state index in [-0.39, 0.29) is 28.6 Å². The molecule has 4 N–H and O–H groups in total. The maximum absolute atomic E-state index is 12.0. The van der Waals surface area contributed by atoms with Gasteiger partial charge in [0.25, 0.3) is 5.91 Å². The average molecular weight is 417 g/mol. The minimum Gasteiger partial charge on any atom is -0.483 e. The number of carbonyl (C=O) groups is 2. The van der Waals surface area contributed by atoms with E-state index in [9.17, 15) is 9.59 Å². The average Bonchev–Trinajstić information content (AvgIpc) is 2.62. The van der Waals surface area contributed by atoms with Gasteiger partial charge in [0, 0.05) is 18.3 Å². The second-order valence-electron chi connectivity index (χ2n) is 5.77. The van der Waals surface area contributed by atoms with Gasteiger partial charge in [-0.25, -0.2) is 0 Å². The number of hydrogen-bond acceptors (Lipinski definition) is 5. The van der Waals surface area contributed by atoms with E-state index >= 15 is 0 Å². The zero-order chi connectivity index (χ0) is 20.5. The molecule has 28 heavy (non-hydrogen) atoms. The summed E-state index contributed by atoms with van der Waals surface area (Å²) in [6.45, 7) is 3.14. The van der Waals surface area contributed by atoms with E-state index in [0.29, 0.717) is 17.1 Å². The summed E-state index contributed by atoms with van der Waals surface area (Å²) >= 11 is 10.1. The summed E-state index contributed by atoms with van der Waals surface area (Å²) in [7, 11) is 0. The van der Waals surface area contributed by atoms with E-state index in [4.69, 9.17) is 29.2 Å². The third-order valence-corrected chi connectivity index (χ3v) is 3.80. The van der Waals surface area contributed by atoms with Crippen molar-refractivity contribution in [1.82, 2.24) is 10.6 Å². The molecular weight excluding hydrogens is 396 g/mol. The molecule has 0 aliphatic carbocycles. The predicted octanol–water partition coefficient (Wildman–Crippen LogP) is 2.72. The number of carbonyl (C=O) groups excluding carboxylic acids is 2. The monoisotopic (exact) mass is 416 g/mol. The molecule has 2 amide bonds. The van der Waals surface area contributed by atoms with Gasteiger partial charge in [-0.05, 0) is 67.3 Å². The second kappa shape index (κ2) is 10.3. The maximum atomic E-state index is 12.0.